The van der Waals surface area contributed by atoms with Gasteiger partial charge >= 0.3 is 0 Å². The predicted molar refractivity (Wildman–Crippen MR) is 101 cm³/mol. The van der Waals surface area contributed by atoms with Crippen LogP contribution in [0.1, 0.15) is 11.1 Å². The lowest BCUT2D eigenvalue weighted by molar-refractivity contribution is -0.126. The summed E-state index contributed by atoms with van der Waals surface area (Å²) in [5.74, 6) is 0.779. The van der Waals surface area contributed by atoms with Crippen molar-refractivity contribution in [1.82, 2.24) is 15.3 Å². The lowest BCUT2D eigenvalue weighted by Gasteiger charge is -2.17. The Balaban J connectivity index is 1.57. The van der Waals surface area contributed by atoms with Crippen LogP contribution in [-0.2, 0) is 16.0 Å². The number of aryl methyl sites for hydroxylation is 1. The predicted octanol–water partition coefficient (Wildman–Crippen LogP) is 1.84. The number of methoxy groups -OCH3 is 1. The van der Waals surface area contributed by atoms with E-state index in [4.69, 9.17) is 4.74 Å². The number of aromatic nitrogens is 2. The van der Waals surface area contributed by atoms with Gasteiger partial charge in [-0.15, -0.1) is 0 Å². The van der Waals surface area contributed by atoms with E-state index in [0.29, 0.717) is 25.6 Å². The van der Waals surface area contributed by atoms with E-state index in [9.17, 15) is 4.79 Å². The summed E-state index contributed by atoms with van der Waals surface area (Å²) in [5, 5.41) is 3.09. The van der Waals surface area contributed by atoms with E-state index >= 15 is 0 Å². The molecule has 1 aliphatic heterocycles. The van der Waals surface area contributed by atoms with Gasteiger partial charge in [-0.2, -0.15) is 0 Å². The molecule has 2 atom stereocenters. The smallest absolute Gasteiger partial charge is 0.225 e. The molecule has 1 N–H and O–H groups in total. The van der Waals surface area contributed by atoms with Crippen molar-refractivity contribution >= 4 is 11.9 Å². The number of nitrogens with one attached hydrogen (secondary N) is 1. The first-order valence-corrected chi connectivity index (χ1v) is 9.01. The first kappa shape index (κ1) is 18.3. The quantitative estimate of drug-likeness (QED) is 0.822. The molecule has 0 unspecified atom stereocenters. The zero-order valence-electron chi connectivity index (χ0n) is 15.4. The van der Waals surface area contributed by atoms with Crippen LogP contribution in [-0.4, -0.2) is 49.2 Å². The molecule has 0 spiro atoms. The molecule has 1 amide bonds. The van der Waals surface area contributed by atoms with Gasteiger partial charge in [0.05, 0.1) is 12.5 Å². The van der Waals surface area contributed by atoms with Crippen molar-refractivity contribution in [2.24, 2.45) is 11.8 Å². The van der Waals surface area contributed by atoms with Crippen LogP contribution in [0, 0.1) is 18.8 Å². The second kappa shape index (κ2) is 8.76. The standard InChI is InChI=1S/C20H26N4O2/c1-15-5-3-6-16(11-15)7-10-21-19(25)18-13-24(12-17(18)14-26-2)20-22-8-4-9-23-20/h3-6,8-9,11,17-18H,7,10,12-14H2,1-2H3,(H,21,25)/t17-,18+/m0/s1. The van der Waals surface area contributed by atoms with E-state index in [1.54, 1.807) is 25.6 Å². The second-order valence-corrected chi connectivity index (χ2v) is 6.81. The second-order valence-electron chi connectivity index (χ2n) is 6.81. The Labute approximate surface area is 154 Å². The van der Waals surface area contributed by atoms with Crippen LogP contribution >= 0.6 is 0 Å². The maximum absolute atomic E-state index is 12.7. The van der Waals surface area contributed by atoms with E-state index in [-0.39, 0.29) is 17.7 Å². The van der Waals surface area contributed by atoms with E-state index < -0.39 is 0 Å². The first-order valence-electron chi connectivity index (χ1n) is 9.01. The summed E-state index contributed by atoms with van der Waals surface area (Å²) in [6.07, 6.45) is 4.28. The van der Waals surface area contributed by atoms with Crippen molar-refractivity contribution in [1.29, 1.82) is 0 Å². The van der Waals surface area contributed by atoms with Crippen molar-refractivity contribution < 1.29 is 9.53 Å². The van der Waals surface area contributed by atoms with Crippen molar-refractivity contribution in [2.75, 3.05) is 38.3 Å². The molecule has 1 aliphatic rings. The lowest BCUT2D eigenvalue weighted by Crippen LogP contribution is -2.37. The maximum Gasteiger partial charge on any atom is 0.225 e. The van der Waals surface area contributed by atoms with Gasteiger partial charge < -0.3 is 15.0 Å². The molecule has 1 fully saturated rings. The fraction of sp³-hybridized carbons (Fsp3) is 0.450. The number of benzene rings is 1. The highest BCUT2D eigenvalue weighted by atomic mass is 16.5. The van der Waals surface area contributed by atoms with Crippen molar-refractivity contribution in [2.45, 2.75) is 13.3 Å². The van der Waals surface area contributed by atoms with Gasteiger partial charge in [0.1, 0.15) is 0 Å². The van der Waals surface area contributed by atoms with E-state index in [1.807, 2.05) is 0 Å². The fourth-order valence-corrected chi connectivity index (χ4v) is 3.50. The number of nitrogens with zero attached hydrogens (tertiary/aromatic N) is 3. The average molecular weight is 354 g/mol. The zero-order valence-corrected chi connectivity index (χ0v) is 15.4. The number of ether oxygens (including phenoxy) is 1. The first-order chi connectivity index (χ1) is 12.7. The Kier molecular flexibility index (Phi) is 6.17. The van der Waals surface area contributed by atoms with Crippen LogP contribution < -0.4 is 10.2 Å². The molecule has 1 aromatic carbocycles. The Hall–Kier alpha value is -2.47. The maximum atomic E-state index is 12.7. The number of hydrogen-bond acceptors (Lipinski definition) is 5. The van der Waals surface area contributed by atoms with Gasteiger partial charge in [-0.1, -0.05) is 29.8 Å². The third-order valence-electron chi connectivity index (χ3n) is 4.79. The van der Waals surface area contributed by atoms with Gasteiger partial charge in [-0.3, -0.25) is 4.79 Å². The van der Waals surface area contributed by atoms with Crippen LogP contribution in [0.25, 0.3) is 0 Å². The summed E-state index contributed by atoms with van der Waals surface area (Å²) in [7, 11) is 1.67. The summed E-state index contributed by atoms with van der Waals surface area (Å²) in [5.41, 5.74) is 2.48. The number of anilines is 1. The Morgan fingerprint density at radius 3 is 2.81 bits per heavy atom. The number of carbonyl (C=O) groups is 1. The number of hydrogen-bond donors (Lipinski definition) is 1. The molecule has 0 aliphatic carbocycles. The van der Waals surface area contributed by atoms with Crippen molar-refractivity contribution in [3.8, 4) is 0 Å². The molecule has 6 nitrogen and oxygen atoms in total. The Bertz CT molecular complexity index is 723. The zero-order chi connectivity index (χ0) is 18.4. The highest BCUT2D eigenvalue weighted by molar-refractivity contribution is 5.80. The number of rotatable bonds is 7. The van der Waals surface area contributed by atoms with Gasteiger partial charge in [-0.05, 0) is 25.0 Å². The van der Waals surface area contributed by atoms with Gasteiger partial charge in [0.25, 0.3) is 0 Å². The third kappa shape index (κ3) is 4.58. The number of amides is 1. The molecule has 0 saturated carbocycles. The molecule has 26 heavy (non-hydrogen) atoms. The summed E-state index contributed by atoms with van der Waals surface area (Å²) in [6.45, 7) is 4.62. The van der Waals surface area contributed by atoms with Crippen LogP contribution in [0.3, 0.4) is 0 Å². The van der Waals surface area contributed by atoms with Crippen LogP contribution in [0.4, 0.5) is 5.95 Å². The van der Waals surface area contributed by atoms with E-state index in [1.165, 1.54) is 11.1 Å². The van der Waals surface area contributed by atoms with E-state index in [0.717, 1.165) is 13.0 Å². The normalized spacial score (nSPS) is 19.5. The summed E-state index contributed by atoms with van der Waals surface area (Å²) in [4.78, 5) is 23.4. The average Bonchev–Trinajstić information content (AvgIpc) is 3.07. The largest absolute Gasteiger partial charge is 0.384 e. The van der Waals surface area contributed by atoms with Crippen LogP contribution in [0.5, 0.6) is 0 Å². The minimum Gasteiger partial charge on any atom is -0.384 e. The molecule has 3 rings (SSSR count). The highest BCUT2D eigenvalue weighted by Crippen LogP contribution is 2.26. The molecule has 2 aromatic rings. The van der Waals surface area contributed by atoms with Crippen LogP contribution in [0.15, 0.2) is 42.7 Å². The molecule has 6 heteroatoms. The van der Waals surface area contributed by atoms with Crippen LogP contribution in [0.2, 0.25) is 0 Å². The molecule has 0 radical (unpaired) electrons. The van der Waals surface area contributed by atoms with Crippen molar-refractivity contribution in [3.63, 3.8) is 0 Å². The van der Waals surface area contributed by atoms with Crippen molar-refractivity contribution in [3.05, 3.63) is 53.9 Å². The lowest BCUT2D eigenvalue weighted by atomic mass is 9.96. The molecular weight excluding hydrogens is 328 g/mol. The Morgan fingerprint density at radius 1 is 1.27 bits per heavy atom. The summed E-state index contributed by atoms with van der Waals surface area (Å²) >= 11 is 0. The summed E-state index contributed by atoms with van der Waals surface area (Å²) in [6, 6.07) is 10.2. The van der Waals surface area contributed by atoms with Gasteiger partial charge in [0.2, 0.25) is 11.9 Å². The van der Waals surface area contributed by atoms with Gasteiger partial charge in [0.15, 0.2) is 0 Å². The topological polar surface area (TPSA) is 67.3 Å². The summed E-state index contributed by atoms with van der Waals surface area (Å²) < 4.78 is 5.33. The number of carbonyl (C=O) groups excluding carboxylic acids is 1. The molecule has 1 aromatic heterocycles. The third-order valence-corrected chi connectivity index (χ3v) is 4.79. The molecular formula is C20H26N4O2. The fourth-order valence-electron chi connectivity index (χ4n) is 3.50. The SMILES string of the molecule is COC[C@@H]1CN(c2ncccn2)C[C@H]1C(=O)NCCc1cccc(C)c1. The minimum absolute atomic E-state index is 0.0816. The van der Waals surface area contributed by atoms with E-state index in [2.05, 4.69) is 51.4 Å². The monoisotopic (exact) mass is 354 g/mol. The van der Waals surface area contributed by atoms with Gasteiger partial charge in [-0.25, -0.2) is 9.97 Å². The van der Waals surface area contributed by atoms with Gasteiger partial charge in [0, 0.05) is 45.1 Å². The highest BCUT2D eigenvalue weighted by Gasteiger charge is 2.38. The molecule has 2 heterocycles. The molecule has 1 saturated heterocycles. The molecule has 138 valence electrons. The Morgan fingerprint density at radius 2 is 2.08 bits per heavy atom. The molecule has 0 bridgehead atoms. The minimum atomic E-state index is -0.115.